The van der Waals surface area contributed by atoms with Crippen LogP contribution >= 0.6 is 11.3 Å². The Morgan fingerprint density at radius 3 is 1.86 bits per heavy atom. The van der Waals surface area contributed by atoms with Gasteiger partial charge in [0.2, 0.25) is 0 Å². The summed E-state index contributed by atoms with van der Waals surface area (Å²) in [6.45, 7) is 0. The zero-order valence-corrected chi connectivity index (χ0v) is 24.3. The summed E-state index contributed by atoms with van der Waals surface area (Å²) in [5, 5.41) is 9.46. The fourth-order valence-electron chi connectivity index (χ4n) is 6.82. The van der Waals surface area contributed by atoms with Crippen LogP contribution in [0.1, 0.15) is 0 Å². The SMILES string of the molecule is c1ccc2c(c1)oc1cc(N(c3ccc4c(c3)sc3ccccc34)c3ccc4ccc5oc6ccccc6c5c4c3)ccc12. The van der Waals surface area contributed by atoms with Gasteiger partial charge in [-0.05, 0) is 71.4 Å². The summed E-state index contributed by atoms with van der Waals surface area (Å²) in [4.78, 5) is 2.34. The van der Waals surface area contributed by atoms with Gasteiger partial charge in [0, 0.05) is 64.8 Å². The Labute approximate surface area is 255 Å². The van der Waals surface area contributed by atoms with Crippen molar-refractivity contribution < 1.29 is 8.83 Å². The van der Waals surface area contributed by atoms with E-state index in [0.717, 1.165) is 60.9 Å². The Balaban J connectivity index is 1.24. The van der Waals surface area contributed by atoms with Gasteiger partial charge in [0.05, 0.1) is 0 Å². The van der Waals surface area contributed by atoms with Crippen molar-refractivity contribution in [1.29, 1.82) is 0 Å². The summed E-state index contributed by atoms with van der Waals surface area (Å²) in [6, 6.07) is 49.5. The van der Waals surface area contributed by atoms with E-state index in [1.54, 1.807) is 0 Å². The lowest BCUT2D eigenvalue weighted by Gasteiger charge is -2.26. The third-order valence-electron chi connectivity index (χ3n) is 8.84. The number of anilines is 3. The number of furan rings is 2. The summed E-state index contributed by atoms with van der Waals surface area (Å²) < 4.78 is 15.2. The van der Waals surface area contributed by atoms with Gasteiger partial charge in [-0.2, -0.15) is 0 Å². The van der Waals surface area contributed by atoms with Crippen molar-refractivity contribution in [3.8, 4) is 0 Å². The number of para-hydroxylation sites is 2. The van der Waals surface area contributed by atoms with Crippen molar-refractivity contribution in [1.82, 2.24) is 0 Å². The summed E-state index contributed by atoms with van der Waals surface area (Å²) >= 11 is 1.84. The maximum Gasteiger partial charge on any atom is 0.137 e. The van der Waals surface area contributed by atoms with E-state index in [2.05, 4.69) is 120 Å². The van der Waals surface area contributed by atoms with Crippen molar-refractivity contribution in [2.24, 2.45) is 0 Å². The molecule has 0 N–H and O–H groups in total. The molecule has 3 heterocycles. The summed E-state index contributed by atoms with van der Waals surface area (Å²) in [6.07, 6.45) is 0. The largest absolute Gasteiger partial charge is 0.456 e. The van der Waals surface area contributed by atoms with Gasteiger partial charge < -0.3 is 13.7 Å². The number of hydrogen-bond acceptors (Lipinski definition) is 4. The van der Waals surface area contributed by atoms with Crippen LogP contribution < -0.4 is 4.90 Å². The van der Waals surface area contributed by atoms with E-state index in [1.165, 1.54) is 30.9 Å². The van der Waals surface area contributed by atoms with Gasteiger partial charge in [0.25, 0.3) is 0 Å². The number of nitrogens with zero attached hydrogens (tertiary/aromatic N) is 1. The molecule has 0 fully saturated rings. The predicted octanol–water partition coefficient (Wildman–Crippen LogP) is 12.5. The highest BCUT2D eigenvalue weighted by molar-refractivity contribution is 7.25. The van der Waals surface area contributed by atoms with Crippen LogP contribution in [0.25, 0.3) is 74.8 Å². The number of hydrogen-bond donors (Lipinski definition) is 0. The van der Waals surface area contributed by atoms with Crippen LogP contribution in [0.5, 0.6) is 0 Å². The molecule has 10 rings (SSSR count). The van der Waals surface area contributed by atoms with Crippen LogP contribution in [-0.2, 0) is 0 Å². The highest BCUT2D eigenvalue weighted by atomic mass is 32.1. The van der Waals surface area contributed by atoms with Gasteiger partial charge in [0.1, 0.15) is 22.3 Å². The van der Waals surface area contributed by atoms with Gasteiger partial charge in [-0.25, -0.2) is 0 Å². The van der Waals surface area contributed by atoms with E-state index in [0.29, 0.717) is 0 Å². The first-order chi connectivity index (χ1) is 21.8. The Bertz CT molecular complexity index is 2630. The topological polar surface area (TPSA) is 29.5 Å². The highest BCUT2D eigenvalue weighted by Gasteiger charge is 2.19. The first-order valence-corrected chi connectivity index (χ1v) is 15.6. The molecular weight excluding hydrogens is 559 g/mol. The molecule has 0 aliphatic heterocycles. The summed E-state index contributed by atoms with van der Waals surface area (Å²) in [7, 11) is 0. The number of rotatable bonds is 3. The van der Waals surface area contributed by atoms with Crippen LogP contribution in [-0.4, -0.2) is 0 Å². The highest BCUT2D eigenvalue weighted by Crippen LogP contribution is 2.44. The van der Waals surface area contributed by atoms with E-state index in [1.807, 2.05) is 35.6 Å². The van der Waals surface area contributed by atoms with Crippen LogP contribution in [0.4, 0.5) is 17.1 Å². The minimum absolute atomic E-state index is 0.876. The molecule has 0 aliphatic rings. The third-order valence-corrected chi connectivity index (χ3v) is 9.98. The second kappa shape index (κ2) is 8.96. The lowest BCUT2D eigenvalue weighted by Crippen LogP contribution is -2.09. The van der Waals surface area contributed by atoms with Gasteiger partial charge in [-0.3, -0.25) is 0 Å². The molecule has 0 atom stereocenters. The standard InChI is InChI=1S/C40H23NO2S/c1-4-10-34-28(7-1)29-18-16-26(22-37(29)43-34)41(27-17-19-31-30-8-3-6-12-38(30)44-39(31)23-27)25-15-13-24-14-20-36-40(33(24)21-25)32-9-2-5-11-35(32)42-36/h1-23H. The molecule has 44 heavy (non-hydrogen) atoms. The quantitative estimate of drug-likeness (QED) is 0.208. The second-order valence-electron chi connectivity index (χ2n) is 11.3. The number of fused-ring (bicyclic) bond motifs is 11. The van der Waals surface area contributed by atoms with Gasteiger partial charge in [-0.15, -0.1) is 11.3 Å². The van der Waals surface area contributed by atoms with Gasteiger partial charge >= 0.3 is 0 Å². The van der Waals surface area contributed by atoms with E-state index in [4.69, 9.17) is 8.83 Å². The monoisotopic (exact) mass is 581 g/mol. The molecule has 4 heteroatoms. The maximum absolute atomic E-state index is 6.35. The Morgan fingerprint density at radius 1 is 0.386 bits per heavy atom. The van der Waals surface area contributed by atoms with Crippen molar-refractivity contribution in [3.63, 3.8) is 0 Å². The zero-order valence-electron chi connectivity index (χ0n) is 23.5. The van der Waals surface area contributed by atoms with Crippen LogP contribution in [0.2, 0.25) is 0 Å². The predicted molar refractivity (Wildman–Crippen MR) is 186 cm³/mol. The number of benzene rings is 7. The van der Waals surface area contributed by atoms with E-state index < -0.39 is 0 Å². The van der Waals surface area contributed by atoms with E-state index in [9.17, 15) is 0 Å². The van der Waals surface area contributed by atoms with Gasteiger partial charge in [-0.1, -0.05) is 72.8 Å². The molecule has 0 bridgehead atoms. The van der Waals surface area contributed by atoms with Crippen molar-refractivity contribution in [3.05, 3.63) is 140 Å². The minimum atomic E-state index is 0.876. The molecule has 0 saturated heterocycles. The second-order valence-corrected chi connectivity index (χ2v) is 12.4. The van der Waals surface area contributed by atoms with E-state index in [-0.39, 0.29) is 0 Å². The molecular formula is C40H23NO2S. The smallest absolute Gasteiger partial charge is 0.137 e. The molecule has 0 radical (unpaired) electrons. The molecule has 0 saturated carbocycles. The van der Waals surface area contributed by atoms with E-state index >= 15 is 0 Å². The Morgan fingerprint density at radius 2 is 0.977 bits per heavy atom. The average molecular weight is 582 g/mol. The fraction of sp³-hybridized carbons (Fsp3) is 0. The number of thiophene rings is 1. The average Bonchev–Trinajstić information content (AvgIpc) is 3.75. The normalized spacial score (nSPS) is 12.1. The lowest BCUT2D eigenvalue weighted by atomic mass is 10.0. The molecule has 3 aromatic heterocycles. The fourth-order valence-corrected chi connectivity index (χ4v) is 7.96. The maximum atomic E-state index is 6.35. The molecule has 0 amide bonds. The van der Waals surface area contributed by atoms with Crippen LogP contribution in [0.3, 0.4) is 0 Å². The van der Waals surface area contributed by atoms with Crippen molar-refractivity contribution in [2.75, 3.05) is 4.90 Å². The van der Waals surface area contributed by atoms with Crippen LogP contribution in [0.15, 0.2) is 148 Å². The van der Waals surface area contributed by atoms with Crippen molar-refractivity contribution in [2.45, 2.75) is 0 Å². The zero-order chi connectivity index (χ0) is 28.8. The summed E-state index contributed by atoms with van der Waals surface area (Å²) in [5.41, 5.74) is 6.80. The summed E-state index contributed by atoms with van der Waals surface area (Å²) in [5.74, 6) is 0. The third kappa shape index (κ3) is 3.43. The molecule has 0 unspecified atom stereocenters. The molecule has 3 nitrogen and oxygen atoms in total. The minimum Gasteiger partial charge on any atom is -0.456 e. The first-order valence-electron chi connectivity index (χ1n) is 14.8. The Kier molecular flexibility index (Phi) is 4.87. The molecule has 0 aliphatic carbocycles. The van der Waals surface area contributed by atoms with Crippen molar-refractivity contribution >= 4 is 103 Å². The lowest BCUT2D eigenvalue weighted by molar-refractivity contribution is 0.668. The first kappa shape index (κ1) is 23.9. The van der Waals surface area contributed by atoms with Gasteiger partial charge in [0.15, 0.2) is 0 Å². The molecule has 7 aromatic carbocycles. The Hall–Kier alpha value is -5.58. The molecule has 0 spiro atoms. The molecule has 206 valence electrons. The van der Waals surface area contributed by atoms with Crippen LogP contribution in [0, 0.1) is 0 Å². The molecule has 10 aromatic rings.